The van der Waals surface area contributed by atoms with Crippen molar-refractivity contribution in [1.82, 2.24) is 5.32 Å². The lowest BCUT2D eigenvalue weighted by atomic mass is 10.1. The van der Waals surface area contributed by atoms with Crippen LogP contribution in [0.15, 0.2) is 23.2 Å². The fourth-order valence-electron chi connectivity index (χ4n) is 1.65. The average molecular weight is 245 g/mol. The van der Waals surface area contributed by atoms with Crippen molar-refractivity contribution in [2.24, 2.45) is 4.99 Å². The molecule has 1 fully saturated rings. The van der Waals surface area contributed by atoms with Crippen molar-refractivity contribution in [1.29, 1.82) is 0 Å². The average Bonchev–Trinajstić information content (AvgIpc) is 3.15. The van der Waals surface area contributed by atoms with Gasteiger partial charge in [0.15, 0.2) is 0 Å². The standard InChI is InChI=1S/C14H19N3O/c1-9-4-5-11(14(18)17-12-6-7-12)8-13(9)16-10(2)15-3/h4-5,8,12H,6-7H2,1-3H3,(H,15,16)(H,17,18). The van der Waals surface area contributed by atoms with Crippen LogP contribution in [-0.4, -0.2) is 24.8 Å². The van der Waals surface area contributed by atoms with E-state index in [1.165, 1.54) is 0 Å². The van der Waals surface area contributed by atoms with Crippen molar-refractivity contribution in [3.05, 3.63) is 29.3 Å². The zero-order chi connectivity index (χ0) is 13.1. The van der Waals surface area contributed by atoms with Crippen molar-refractivity contribution in [2.45, 2.75) is 32.7 Å². The predicted octanol–water partition coefficient (Wildman–Crippen LogP) is 2.35. The Kier molecular flexibility index (Phi) is 3.65. The Morgan fingerprint density at radius 2 is 2.11 bits per heavy atom. The zero-order valence-electron chi connectivity index (χ0n) is 11.1. The molecule has 1 aliphatic carbocycles. The van der Waals surface area contributed by atoms with Crippen LogP contribution in [0.2, 0.25) is 0 Å². The normalized spacial score (nSPS) is 15.4. The number of amidine groups is 1. The molecule has 0 saturated heterocycles. The SMILES string of the molecule is CN=C(C)Nc1cc(C(=O)NC2CC2)ccc1C. The van der Waals surface area contributed by atoms with Gasteiger partial charge in [-0.2, -0.15) is 0 Å². The third-order valence-corrected chi connectivity index (χ3v) is 3.06. The molecule has 4 nitrogen and oxygen atoms in total. The van der Waals surface area contributed by atoms with Crippen molar-refractivity contribution in [3.8, 4) is 0 Å². The third-order valence-electron chi connectivity index (χ3n) is 3.06. The first kappa shape index (κ1) is 12.6. The molecule has 1 amide bonds. The maximum Gasteiger partial charge on any atom is 0.251 e. The van der Waals surface area contributed by atoms with E-state index in [1.807, 2.05) is 32.0 Å². The fourth-order valence-corrected chi connectivity index (χ4v) is 1.65. The number of hydrogen-bond donors (Lipinski definition) is 2. The number of hydrogen-bond acceptors (Lipinski definition) is 2. The van der Waals surface area contributed by atoms with E-state index in [1.54, 1.807) is 7.05 Å². The number of nitrogens with zero attached hydrogens (tertiary/aromatic N) is 1. The highest BCUT2D eigenvalue weighted by Gasteiger charge is 2.23. The lowest BCUT2D eigenvalue weighted by molar-refractivity contribution is 0.0951. The second kappa shape index (κ2) is 5.21. The molecule has 1 saturated carbocycles. The Morgan fingerprint density at radius 1 is 1.39 bits per heavy atom. The Balaban J connectivity index is 2.16. The van der Waals surface area contributed by atoms with Crippen LogP contribution in [0.4, 0.5) is 5.69 Å². The minimum Gasteiger partial charge on any atom is -0.349 e. The largest absolute Gasteiger partial charge is 0.349 e. The van der Waals surface area contributed by atoms with Crippen molar-refractivity contribution >= 4 is 17.4 Å². The molecule has 2 rings (SSSR count). The molecule has 0 spiro atoms. The Hall–Kier alpha value is -1.84. The van der Waals surface area contributed by atoms with Gasteiger partial charge < -0.3 is 10.6 Å². The van der Waals surface area contributed by atoms with Crippen molar-refractivity contribution in [2.75, 3.05) is 12.4 Å². The molecule has 0 aliphatic heterocycles. The molecule has 0 bridgehead atoms. The van der Waals surface area contributed by atoms with Crippen LogP contribution in [0.25, 0.3) is 0 Å². The molecule has 1 aliphatic rings. The summed E-state index contributed by atoms with van der Waals surface area (Å²) in [5, 5.41) is 6.18. The second-order valence-corrected chi connectivity index (χ2v) is 4.71. The van der Waals surface area contributed by atoms with E-state index in [0.717, 1.165) is 29.9 Å². The molecule has 2 N–H and O–H groups in total. The van der Waals surface area contributed by atoms with Gasteiger partial charge in [0.2, 0.25) is 0 Å². The highest BCUT2D eigenvalue weighted by atomic mass is 16.1. The van der Waals surface area contributed by atoms with Gasteiger partial charge in [0.1, 0.15) is 0 Å². The molecule has 4 heteroatoms. The molecule has 1 aromatic carbocycles. The molecular formula is C14H19N3O. The van der Waals surface area contributed by atoms with Gasteiger partial charge in [0.05, 0.1) is 5.84 Å². The molecule has 0 atom stereocenters. The second-order valence-electron chi connectivity index (χ2n) is 4.71. The first-order valence-corrected chi connectivity index (χ1v) is 6.22. The van der Waals surface area contributed by atoms with Crippen LogP contribution in [-0.2, 0) is 0 Å². The summed E-state index contributed by atoms with van der Waals surface area (Å²) in [6.07, 6.45) is 2.20. The highest BCUT2D eigenvalue weighted by Crippen LogP contribution is 2.21. The molecule has 18 heavy (non-hydrogen) atoms. The quantitative estimate of drug-likeness (QED) is 0.634. The van der Waals surface area contributed by atoms with Gasteiger partial charge in [-0.05, 0) is 44.4 Å². The molecule has 0 radical (unpaired) electrons. The lowest BCUT2D eigenvalue weighted by Crippen LogP contribution is -2.25. The molecule has 0 aromatic heterocycles. The predicted molar refractivity (Wildman–Crippen MR) is 74.3 cm³/mol. The Morgan fingerprint density at radius 3 is 2.72 bits per heavy atom. The van der Waals surface area contributed by atoms with Crippen molar-refractivity contribution in [3.63, 3.8) is 0 Å². The summed E-state index contributed by atoms with van der Waals surface area (Å²) in [5.41, 5.74) is 2.72. The summed E-state index contributed by atoms with van der Waals surface area (Å²) in [6.45, 7) is 3.91. The van der Waals surface area contributed by atoms with Crippen LogP contribution in [0, 0.1) is 6.92 Å². The van der Waals surface area contributed by atoms with Gasteiger partial charge in [-0.25, -0.2) is 0 Å². The summed E-state index contributed by atoms with van der Waals surface area (Å²) in [7, 11) is 1.74. The van der Waals surface area contributed by atoms with E-state index >= 15 is 0 Å². The third kappa shape index (κ3) is 3.09. The number of anilines is 1. The minimum absolute atomic E-state index is 0.00615. The molecular weight excluding hydrogens is 226 g/mol. The number of aryl methyl sites for hydroxylation is 1. The van der Waals surface area contributed by atoms with Gasteiger partial charge >= 0.3 is 0 Å². The number of benzene rings is 1. The van der Waals surface area contributed by atoms with Gasteiger partial charge in [0, 0.05) is 24.3 Å². The lowest BCUT2D eigenvalue weighted by Gasteiger charge is -2.11. The fraction of sp³-hybridized carbons (Fsp3) is 0.429. The molecule has 96 valence electrons. The van der Waals surface area contributed by atoms with E-state index in [9.17, 15) is 4.79 Å². The highest BCUT2D eigenvalue weighted by molar-refractivity contribution is 5.98. The first-order chi connectivity index (χ1) is 8.60. The number of amides is 1. The topological polar surface area (TPSA) is 53.5 Å². The summed E-state index contributed by atoms with van der Waals surface area (Å²) >= 11 is 0. The zero-order valence-corrected chi connectivity index (χ0v) is 11.1. The Labute approximate surface area is 108 Å². The maximum atomic E-state index is 11.9. The van der Waals surface area contributed by atoms with E-state index in [2.05, 4.69) is 15.6 Å². The molecule has 1 aromatic rings. The van der Waals surface area contributed by atoms with Gasteiger partial charge in [0.25, 0.3) is 5.91 Å². The van der Waals surface area contributed by atoms with Crippen LogP contribution < -0.4 is 10.6 Å². The number of carbonyl (C=O) groups is 1. The van der Waals surface area contributed by atoms with Crippen LogP contribution in [0.5, 0.6) is 0 Å². The first-order valence-electron chi connectivity index (χ1n) is 6.22. The number of carbonyl (C=O) groups excluding carboxylic acids is 1. The summed E-state index contributed by atoms with van der Waals surface area (Å²) in [6, 6.07) is 6.07. The van der Waals surface area contributed by atoms with Crippen LogP contribution in [0.1, 0.15) is 35.7 Å². The smallest absolute Gasteiger partial charge is 0.251 e. The van der Waals surface area contributed by atoms with E-state index in [-0.39, 0.29) is 5.91 Å². The van der Waals surface area contributed by atoms with Gasteiger partial charge in [-0.3, -0.25) is 9.79 Å². The number of rotatable bonds is 3. The van der Waals surface area contributed by atoms with E-state index in [0.29, 0.717) is 11.6 Å². The van der Waals surface area contributed by atoms with Crippen LogP contribution >= 0.6 is 0 Å². The minimum atomic E-state index is 0.00615. The van der Waals surface area contributed by atoms with Crippen LogP contribution in [0.3, 0.4) is 0 Å². The van der Waals surface area contributed by atoms with Gasteiger partial charge in [-0.1, -0.05) is 6.07 Å². The van der Waals surface area contributed by atoms with E-state index in [4.69, 9.17) is 0 Å². The molecule has 0 unspecified atom stereocenters. The maximum absolute atomic E-state index is 11.9. The van der Waals surface area contributed by atoms with E-state index < -0.39 is 0 Å². The summed E-state index contributed by atoms with van der Waals surface area (Å²) in [4.78, 5) is 16.0. The van der Waals surface area contributed by atoms with Crippen molar-refractivity contribution < 1.29 is 4.79 Å². The van der Waals surface area contributed by atoms with Gasteiger partial charge in [-0.15, -0.1) is 0 Å². The summed E-state index contributed by atoms with van der Waals surface area (Å²) in [5.74, 6) is 0.837. The Bertz CT molecular complexity index is 490. The monoisotopic (exact) mass is 245 g/mol. The number of aliphatic imine (C=N–C) groups is 1. The summed E-state index contributed by atoms with van der Waals surface area (Å²) < 4.78 is 0. The number of nitrogens with one attached hydrogen (secondary N) is 2. The molecule has 0 heterocycles.